The van der Waals surface area contributed by atoms with Crippen LogP contribution in [0.1, 0.15) is 16.1 Å². The van der Waals surface area contributed by atoms with Crippen LogP contribution in [0.5, 0.6) is 0 Å². The third kappa shape index (κ3) is 1.72. The van der Waals surface area contributed by atoms with Gasteiger partial charge >= 0.3 is 0 Å². The number of nitrogens with one attached hydrogen (secondary N) is 1. The zero-order chi connectivity index (χ0) is 11.7. The van der Waals surface area contributed by atoms with Gasteiger partial charge in [-0.1, -0.05) is 23.2 Å². The van der Waals surface area contributed by atoms with Crippen LogP contribution in [0.25, 0.3) is 10.9 Å². The lowest BCUT2D eigenvalue weighted by Gasteiger charge is -2.04. The van der Waals surface area contributed by atoms with Crippen LogP contribution in [0.4, 0.5) is 0 Å². The quantitative estimate of drug-likeness (QED) is 0.822. The maximum atomic E-state index is 11.5. The fraction of sp³-hybridized carbons (Fsp3) is 0.182. The number of hydrogen-bond donors (Lipinski definition) is 1. The predicted molar refractivity (Wildman–Crippen MR) is 62.7 cm³/mol. The van der Waals surface area contributed by atoms with Gasteiger partial charge in [0.25, 0.3) is 5.91 Å². The molecule has 5 heteroatoms. The maximum Gasteiger partial charge on any atom is 0.273 e. The molecule has 0 saturated carbocycles. The number of aromatic nitrogens is 2. The Morgan fingerprint density at radius 1 is 1.38 bits per heavy atom. The van der Waals surface area contributed by atoms with Crippen LogP contribution in [-0.4, -0.2) is 23.2 Å². The van der Waals surface area contributed by atoms with Gasteiger partial charge in [-0.25, -0.2) is 0 Å². The number of carbonyl (C=O) groups is 1. The molecule has 1 aromatic heterocycles. The van der Waals surface area contributed by atoms with Gasteiger partial charge in [-0.3, -0.25) is 4.79 Å². The summed E-state index contributed by atoms with van der Waals surface area (Å²) in [7, 11) is 1.53. The van der Waals surface area contributed by atoms with Crippen molar-refractivity contribution in [1.29, 1.82) is 0 Å². The average molecular weight is 236 g/mol. The Kier molecular flexibility index (Phi) is 2.75. The molecular weight excluding hydrogens is 226 g/mol. The van der Waals surface area contributed by atoms with Gasteiger partial charge < -0.3 is 5.32 Å². The third-order valence-corrected chi connectivity index (χ3v) is 2.68. The normalized spacial score (nSPS) is 10.4. The second-order valence-corrected chi connectivity index (χ2v) is 3.84. The van der Waals surface area contributed by atoms with Crippen molar-refractivity contribution in [3.63, 3.8) is 0 Å². The van der Waals surface area contributed by atoms with E-state index in [1.54, 1.807) is 0 Å². The number of amides is 1. The van der Waals surface area contributed by atoms with Gasteiger partial charge in [0.15, 0.2) is 5.69 Å². The van der Waals surface area contributed by atoms with E-state index in [0.29, 0.717) is 10.5 Å². The molecule has 0 aliphatic heterocycles. The summed E-state index contributed by atoms with van der Waals surface area (Å²) < 4.78 is 0. The molecule has 0 fully saturated rings. The van der Waals surface area contributed by atoms with E-state index in [2.05, 4.69) is 15.5 Å². The van der Waals surface area contributed by atoms with Crippen LogP contribution in [0.15, 0.2) is 18.2 Å². The molecule has 1 N–H and O–H groups in total. The van der Waals surface area contributed by atoms with Crippen molar-refractivity contribution >= 4 is 28.4 Å². The number of halogens is 1. The Morgan fingerprint density at radius 3 is 2.81 bits per heavy atom. The topological polar surface area (TPSA) is 54.9 Å². The second kappa shape index (κ2) is 4.06. The van der Waals surface area contributed by atoms with Crippen molar-refractivity contribution in [2.75, 3.05) is 7.05 Å². The molecule has 1 aromatic carbocycles. The number of rotatable bonds is 1. The summed E-state index contributed by atoms with van der Waals surface area (Å²) in [4.78, 5) is 11.5. The molecule has 0 bridgehead atoms. The summed E-state index contributed by atoms with van der Waals surface area (Å²) in [6.45, 7) is 1.95. The van der Waals surface area contributed by atoms with Gasteiger partial charge in [-0.2, -0.15) is 0 Å². The fourth-order valence-electron chi connectivity index (χ4n) is 1.45. The van der Waals surface area contributed by atoms with Crippen molar-refractivity contribution < 1.29 is 4.79 Å². The predicted octanol–water partition coefficient (Wildman–Crippen LogP) is 1.95. The standard InChI is InChI=1S/C11H10ClN3O/c1-6-3-4-8-7(5-6)9(12)10(15-14-8)11(16)13-2/h3-5H,1-2H3,(H,13,16). The number of fused-ring (bicyclic) bond motifs is 1. The van der Waals surface area contributed by atoms with Gasteiger partial charge in [0.2, 0.25) is 0 Å². The van der Waals surface area contributed by atoms with Crippen molar-refractivity contribution in [3.05, 3.63) is 34.5 Å². The molecule has 0 radical (unpaired) electrons. The highest BCUT2D eigenvalue weighted by molar-refractivity contribution is 6.38. The molecule has 82 valence electrons. The van der Waals surface area contributed by atoms with Crippen LogP contribution >= 0.6 is 11.6 Å². The number of carbonyl (C=O) groups excluding carboxylic acids is 1. The van der Waals surface area contributed by atoms with Gasteiger partial charge in [-0.15, -0.1) is 10.2 Å². The third-order valence-electron chi connectivity index (χ3n) is 2.30. The number of nitrogens with zero attached hydrogens (tertiary/aromatic N) is 2. The second-order valence-electron chi connectivity index (χ2n) is 3.46. The van der Waals surface area contributed by atoms with Crippen molar-refractivity contribution in [2.24, 2.45) is 0 Å². The van der Waals surface area contributed by atoms with Crippen molar-refractivity contribution in [1.82, 2.24) is 15.5 Å². The molecule has 1 heterocycles. The smallest absolute Gasteiger partial charge is 0.273 e. The lowest BCUT2D eigenvalue weighted by molar-refractivity contribution is 0.0957. The van der Waals surface area contributed by atoms with E-state index in [0.717, 1.165) is 10.9 Å². The zero-order valence-electron chi connectivity index (χ0n) is 8.91. The molecule has 2 rings (SSSR count). The number of hydrogen-bond acceptors (Lipinski definition) is 3. The zero-order valence-corrected chi connectivity index (χ0v) is 9.67. The highest BCUT2D eigenvalue weighted by atomic mass is 35.5. The van der Waals surface area contributed by atoms with Crippen LogP contribution in [0.2, 0.25) is 5.02 Å². The van der Waals surface area contributed by atoms with E-state index in [1.807, 2.05) is 25.1 Å². The van der Waals surface area contributed by atoms with Gasteiger partial charge in [-0.05, 0) is 19.1 Å². The first-order chi connectivity index (χ1) is 7.63. The van der Waals surface area contributed by atoms with Gasteiger partial charge in [0.1, 0.15) is 0 Å². The summed E-state index contributed by atoms with van der Waals surface area (Å²) in [6.07, 6.45) is 0. The molecule has 0 unspecified atom stereocenters. The monoisotopic (exact) mass is 235 g/mol. The molecule has 16 heavy (non-hydrogen) atoms. The molecule has 0 aliphatic carbocycles. The molecule has 0 aliphatic rings. The maximum absolute atomic E-state index is 11.5. The first-order valence-electron chi connectivity index (χ1n) is 4.78. The lowest BCUT2D eigenvalue weighted by Crippen LogP contribution is -2.20. The van der Waals surface area contributed by atoms with Crippen LogP contribution in [0.3, 0.4) is 0 Å². The largest absolute Gasteiger partial charge is 0.354 e. The average Bonchev–Trinajstić information content (AvgIpc) is 2.29. The Hall–Kier alpha value is -1.68. The molecule has 0 saturated heterocycles. The van der Waals surface area contributed by atoms with E-state index in [1.165, 1.54) is 7.05 Å². The van der Waals surface area contributed by atoms with Crippen molar-refractivity contribution in [3.8, 4) is 0 Å². The number of aryl methyl sites for hydroxylation is 1. The minimum Gasteiger partial charge on any atom is -0.354 e. The van der Waals surface area contributed by atoms with E-state index in [9.17, 15) is 4.79 Å². The van der Waals surface area contributed by atoms with Crippen molar-refractivity contribution in [2.45, 2.75) is 6.92 Å². The van der Waals surface area contributed by atoms with Crippen LogP contribution in [0, 0.1) is 6.92 Å². The molecule has 0 atom stereocenters. The summed E-state index contributed by atoms with van der Waals surface area (Å²) in [5, 5.41) is 11.3. The fourth-order valence-corrected chi connectivity index (χ4v) is 1.73. The molecular formula is C11H10ClN3O. The number of benzene rings is 1. The summed E-state index contributed by atoms with van der Waals surface area (Å²) in [5.74, 6) is -0.332. The summed E-state index contributed by atoms with van der Waals surface area (Å²) >= 11 is 6.12. The van der Waals surface area contributed by atoms with Crippen LogP contribution in [-0.2, 0) is 0 Å². The van der Waals surface area contributed by atoms with E-state index in [4.69, 9.17) is 11.6 Å². The lowest BCUT2D eigenvalue weighted by atomic mass is 10.1. The van der Waals surface area contributed by atoms with Gasteiger partial charge in [0, 0.05) is 12.4 Å². The SMILES string of the molecule is CNC(=O)c1nnc2ccc(C)cc2c1Cl. The van der Waals surface area contributed by atoms with E-state index < -0.39 is 0 Å². The minimum absolute atomic E-state index is 0.155. The van der Waals surface area contributed by atoms with Crippen LogP contribution < -0.4 is 5.32 Å². The minimum atomic E-state index is -0.332. The first-order valence-corrected chi connectivity index (χ1v) is 5.16. The summed E-state index contributed by atoms with van der Waals surface area (Å²) in [6, 6.07) is 5.64. The first kappa shape index (κ1) is 10.8. The Labute approximate surface area is 97.6 Å². The molecule has 2 aromatic rings. The molecule has 0 spiro atoms. The highest BCUT2D eigenvalue weighted by Gasteiger charge is 2.14. The van der Waals surface area contributed by atoms with E-state index in [-0.39, 0.29) is 11.6 Å². The van der Waals surface area contributed by atoms with Gasteiger partial charge in [0.05, 0.1) is 10.5 Å². The molecule has 4 nitrogen and oxygen atoms in total. The molecule has 1 amide bonds. The Bertz CT molecular complexity index is 568. The highest BCUT2D eigenvalue weighted by Crippen LogP contribution is 2.24. The van der Waals surface area contributed by atoms with E-state index >= 15 is 0 Å². The Morgan fingerprint density at radius 2 is 2.12 bits per heavy atom. The Balaban J connectivity index is 2.72. The summed E-state index contributed by atoms with van der Waals surface area (Å²) in [5.41, 5.74) is 1.90.